The summed E-state index contributed by atoms with van der Waals surface area (Å²) in [6.07, 6.45) is 0.261. The van der Waals surface area contributed by atoms with Gasteiger partial charge in [0.25, 0.3) is 0 Å². The minimum Gasteiger partial charge on any atom is -0.452 e. The maximum atomic E-state index is 11.8. The third-order valence-corrected chi connectivity index (χ3v) is 2.83. The van der Waals surface area contributed by atoms with Crippen molar-refractivity contribution in [3.8, 4) is 0 Å². The first-order valence-corrected chi connectivity index (χ1v) is 6.65. The number of rotatable bonds is 6. The van der Waals surface area contributed by atoms with Crippen LogP contribution in [0.25, 0.3) is 0 Å². The summed E-state index contributed by atoms with van der Waals surface area (Å²) in [7, 11) is 1.34. The number of anilines is 1. The van der Waals surface area contributed by atoms with Gasteiger partial charge in [0, 0.05) is 19.0 Å². The number of hydrogen-bond acceptors (Lipinski definition) is 5. The second-order valence-corrected chi connectivity index (χ2v) is 4.37. The van der Waals surface area contributed by atoms with Crippen molar-refractivity contribution in [2.45, 2.75) is 26.9 Å². The number of ether oxygens (including phenoxy) is 1. The zero-order chi connectivity index (χ0) is 15.8. The fraction of sp³-hybridized carbons (Fsp3) is 0.400. The van der Waals surface area contributed by atoms with Crippen LogP contribution in [0.1, 0.15) is 32.4 Å². The highest BCUT2D eigenvalue weighted by Crippen LogP contribution is 2.28. The summed E-state index contributed by atoms with van der Waals surface area (Å²) < 4.78 is 4.78. The lowest BCUT2D eigenvalue weighted by Gasteiger charge is -2.24. The third-order valence-electron chi connectivity index (χ3n) is 2.83. The molecule has 1 atom stereocenters. The minimum absolute atomic E-state index is 0.194. The van der Waals surface area contributed by atoms with Gasteiger partial charge in [-0.25, -0.2) is 4.79 Å². The molecule has 6 heteroatoms. The Morgan fingerprint density at radius 1 is 1.38 bits per heavy atom. The third kappa shape index (κ3) is 4.59. The van der Waals surface area contributed by atoms with Gasteiger partial charge in [0.1, 0.15) is 6.21 Å². The maximum Gasteiger partial charge on any atom is 0.413 e. The van der Waals surface area contributed by atoms with E-state index in [-0.39, 0.29) is 5.78 Å². The van der Waals surface area contributed by atoms with E-state index in [1.165, 1.54) is 18.9 Å². The van der Waals surface area contributed by atoms with E-state index in [4.69, 9.17) is 9.57 Å². The Balaban J connectivity index is 3.02. The van der Waals surface area contributed by atoms with E-state index in [9.17, 15) is 9.59 Å². The van der Waals surface area contributed by atoms with Crippen molar-refractivity contribution in [2.24, 2.45) is 5.16 Å². The first kappa shape index (κ1) is 16.7. The number of para-hydroxylation sites is 1. The Kier molecular flexibility index (Phi) is 6.39. The minimum atomic E-state index is -0.440. The molecule has 0 saturated heterocycles. The van der Waals surface area contributed by atoms with Crippen LogP contribution in [0, 0.1) is 0 Å². The van der Waals surface area contributed by atoms with Crippen LogP contribution < -0.4 is 4.90 Å². The molecule has 0 radical (unpaired) electrons. The molecule has 6 nitrogen and oxygen atoms in total. The quantitative estimate of drug-likeness (QED) is 0.597. The van der Waals surface area contributed by atoms with Crippen molar-refractivity contribution in [2.75, 3.05) is 18.6 Å². The number of carbonyl (C=O) groups excluding carboxylic acids is 2. The standard InChI is InChI=1S/C15H20N2O4/c1-5-17(15(19)20-4)14-9-7-6-8-13(14)12(3)21-16-10-11(2)18/h6-10,12H,5H2,1-4H3. The molecule has 1 rings (SSSR count). The number of methoxy groups -OCH3 is 1. The van der Waals surface area contributed by atoms with Gasteiger partial charge in [-0.3, -0.25) is 9.69 Å². The number of benzene rings is 1. The van der Waals surface area contributed by atoms with Crippen LogP contribution in [-0.2, 0) is 14.4 Å². The Morgan fingerprint density at radius 2 is 2.05 bits per heavy atom. The smallest absolute Gasteiger partial charge is 0.413 e. The number of oxime groups is 1. The molecule has 0 heterocycles. The van der Waals surface area contributed by atoms with Crippen molar-refractivity contribution in [3.05, 3.63) is 29.8 Å². The second kappa shape index (κ2) is 8.04. The number of nitrogens with zero attached hydrogens (tertiary/aromatic N) is 2. The Bertz CT molecular complexity index is 528. The lowest BCUT2D eigenvalue weighted by molar-refractivity contribution is -0.110. The van der Waals surface area contributed by atoms with Crippen molar-refractivity contribution in [3.63, 3.8) is 0 Å². The van der Waals surface area contributed by atoms with E-state index >= 15 is 0 Å². The van der Waals surface area contributed by atoms with Crippen LogP contribution in [-0.4, -0.2) is 31.7 Å². The molecule has 0 aromatic heterocycles. The molecule has 0 N–H and O–H groups in total. The molecule has 1 aromatic carbocycles. The lowest BCUT2D eigenvalue weighted by atomic mass is 10.1. The maximum absolute atomic E-state index is 11.8. The molecule has 114 valence electrons. The van der Waals surface area contributed by atoms with Crippen LogP contribution in [0.2, 0.25) is 0 Å². The average molecular weight is 292 g/mol. The molecule has 1 aromatic rings. The lowest BCUT2D eigenvalue weighted by Crippen LogP contribution is -2.31. The zero-order valence-electron chi connectivity index (χ0n) is 12.7. The first-order chi connectivity index (χ1) is 10.0. The van der Waals surface area contributed by atoms with Crippen LogP contribution in [0.3, 0.4) is 0 Å². The number of Topliss-reactive ketones (excluding diaryl/α,β-unsaturated/α-hetero) is 1. The molecular weight excluding hydrogens is 272 g/mol. The molecule has 0 saturated carbocycles. The first-order valence-electron chi connectivity index (χ1n) is 6.65. The van der Waals surface area contributed by atoms with E-state index in [0.29, 0.717) is 12.2 Å². The van der Waals surface area contributed by atoms with Crippen LogP contribution in [0.4, 0.5) is 10.5 Å². The summed E-state index contributed by atoms with van der Waals surface area (Å²) in [5.74, 6) is -0.194. The highest BCUT2D eigenvalue weighted by atomic mass is 16.6. The Labute approximate surface area is 124 Å². The fourth-order valence-electron chi connectivity index (χ4n) is 1.84. The Hall–Kier alpha value is -2.37. The number of ketones is 1. The number of carbonyl (C=O) groups is 2. The summed E-state index contributed by atoms with van der Waals surface area (Å²) in [6.45, 7) is 5.50. The predicted molar refractivity (Wildman–Crippen MR) is 80.5 cm³/mol. The number of amides is 1. The van der Waals surface area contributed by atoms with Crippen LogP contribution in [0.5, 0.6) is 0 Å². The van der Waals surface area contributed by atoms with Gasteiger partial charge in [0.15, 0.2) is 11.9 Å². The Morgan fingerprint density at radius 3 is 2.62 bits per heavy atom. The second-order valence-electron chi connectivity index (χ2n) is 4.37. The summed E-state index contributed by atoms with van der Waals surface area (Å²) >= 11 is 0. The molecule has 0 spiro atoms. The largest absolute Gasteiger partial charge is 0.452 e. The summed E-state index contributed by atoms with van der Waals surface area (Å²) in [5.41, 5.74) is 1.47. The van der Waals surface area contributed by atoms with Gasteiger partial charge in [0.2, 0.25) is 0 Å². The van der Waals surface area contributed by atoms with Gasteiger partial charge in [-0.2, -0.15) is 0 Å². The van der Waals surface area contributed by atoms with Gasteiger partial charge in [0.05, 0.1) is 12.8 Å². The molecule has 21 heavy (non-hydrogen) atoms. The SMILES string of the molecule is CCN(C(=O)OC)c1ccccc1C(C)ON=CC(C)=O. The van der Waals surface area contributed by atoms with Gasteiger partial charge in [-0.1, -0.05) is 23.4 Å². The highest BCUT2D eigenvalue weighted by Gasteiger charge is 2.20. The van der Waals surface area contributed by atoms with Crippen LogP contribution >= 0.6 is 0 Å². The van der Waals surface area contributed by atoms with Gasteiger partial charge in [-0.05, 0) is 19.9 Å². The summed E-state index contributed by atoms with van der Waals surface area (Å²) in [6, 6.07) is 7.33. The van der Waals surface area contributed by atoms with Crippen molar-refractivity contribution in [1.82, 2.24) is 0 Å². The van der Waals surface area contributed by atoms with E-state index < -0.39 is 12.2 Å². The molecule has 0 aliphatic carbocycles. The molecular formula is C15H20N2O4. The van der Waals surface area contributed by atoms with Crippen molar-refractivity contribution >= 4 is 23.8 Å². The monoisotopic (exact) mass is 292 g/mol. The molecule has 0 aliphatic heterocycles. The van der Waals surface area contributed by atoms with E-state index in [0.717, 1.165) is 11.8 Å². The van der Waals surface area contributed by atoms with E-state index in [1.807, 2.05) is 31.2 Å². The van der Waals surface area contributed by atoms with Gasteiger partial charge < -0.3 is 9.57 Å². The van der Waals surface area contributed by atoms with Gasteiger partial charge in [-0.15, -0.1) is 0 Å². The molecule has 0 bridgehead atoms. The van der Waals surface area contributed by atoms with Gasteiger partial charge >= 0.3 is 6.09 Å². The zero-order valence-corrected chi connectivity index (χ0v) is 12.7. The van der Waals surface area contributed by atoms with Crippen molar-refractivity contribution < 1.29 is 19.2 Å². The summed E-state index contributed by atoms with van der Waals surface area (Å²) in [5, 5.41) is 3.63. The molecule has 0 fully saturated rings. The number of hydrogen-bond donors (Lipinski definition) is 0. The van der Waals surface area contributed by atoms with E-state index in [2.05, 4.69) is 5.16 Å². The predicted octanol–water partition coefficient (Wildman–Crippen LogP) is 2.93. The highest BCUT2D eigenvalue weighted by molar-refractivity contribution is 6.26. The summed E-state index contributed by atoms with van der Waals surface area (Å²) in [4.78, 5) is 29.4. The molecule has 0 aliphatic rings. The van der Waals surface area contributed by atoms with Crippen LogP contribution in [0.15, 0.2) is 29.4 Å². The molecule has 1 amide bonds. The fourth-order valence-corrected chi connectivity index (χ4v) is 1.84. The van der Waals surface area contributed by atoms with E-state index in [1.54, 1.807) is 6.92 Å². The van der Waals surface area contributed by atoms with Crippen molar-refractivity contribution in [1.29, 1.82) is 0 Å². The topological polar surface area (TPSA) is 68.2 Å². The normalized spacial score (nSPS) is 12.0. The molecule has 1 unspecified atom stereocenters. The average Bonchev–Trinajstić information content (AvgIpc) is 2.47.